The molecule has 1 unspecified atom stereocenters. The summed E-state index contributed by atoms with van der Waals surface area (Å²) in [6.07, 6.45) is 1.96. The minimum atomic E-state index is -1.12. The van der Waals surface area contributed by atoms with Crippen LogP contribution in [-0.2, 0) is 15.2 Å². The Bertz CT molecular complexity index is 635. The Hall–Kier alpha value is -1.48. The number of aromatic amines is 1. The monoisotopic (exact) mass is 312 g/mol. The molecule has 0 bridgehead atoms. The molecule has 0 aromatic carbocycles. The van der Waals surface area contributed by atoms with E-state index in [1.807, 2.05) is 0 Å². The third-order valence-corrected chi connectivity index (χ3v) is 4.34. The van der Waals surface area contributed by atoms with Crippen molar-refractivity contribution in [1.29, 1.82) is 0 Å². The number of rotatable bonds is 4. The number of H-pyrrole nitrogens is 1. The van der Waals surface area contributed by atoms with Crippen LogP contribution in [0.3, 0.4) is 0 Å². The fourth-order valence-electron chi connectivity index (χ4n) is 3.31. The lowest BCUT2D eigenvalue weighted by Gasteiger charge is -2.33. The summed E-state index contributed by atoms with van der Waals surface area (Å²) in [7, 11) is 0. The Morgan fingerprint density at radius 2 is 2.27 bits per heavy atom. The summed E-state index contributed by atoms with van der Waals surface area (Å²) in [6, 6.07) is 1.24. The number of ether oxygens (including phenoxy) is 2. The summed E-state index contributed by atoms with van der Waals surface area (Å²) in [5.74, 6) is 0. The van der Waals surface area contributed by atoms with Gasteiger partial charge in [-0.3, -0.25) is 14.3 Å². The summed E-state index contributed by atoms with van der Waals surface area (Å²) in [6.45, 7) is 0.319. The first-order valence-electron chi connectivity index (χ1n) is 7.45. The molecular formula is C14H20N2O6. The van der Waals surface area contributed by atoms with Crippen molar-refractivity contribution in [1.82, 2.24) is 9.55 Å². The predicted molar refractivity (Wildman–Crippen MR) is 75.5 cm³/mol. The van der Waals surface area contributed by atoms with Crippen LogP contribution in [0, 0.1) is 0 Å². The average molecular weight is 312 g/mol. The van der Waals surface area contributed by atoms with Crippen LogP contribution < -0.4 is 11.2 Å². The molecule has 2 aliphatic heterocycles. The normalized spacial score (nSPS) is 35.1. The predicted octanol–water partition coefficient (Wildman–Crippen LogP) is -1.10. The maximum atomic E-state index is 12.2. The maximum Gasteiger partial charge on any atom is 0.330 e. The Morgan fingerprint density at radius 3 is 2.86 bits per heavy atom. The Labute approximate surface area is 126 Å². The zero-order chi connectivity index (χ0) is 15.7. The number of aromatic nitrogens is 2. The second kappa shape index (κ2) is 5.96. The molecular weight excluding hydrogens is 292 g/mol. The van der Waals surface area contributed by atoms with Crippen molar-refractivity contribution in [2.75, 3.05) is 13.2 Å². The molecule has 122 valence electrons. The molecule has 1 aromatic heterocycles. The molecule has 8 heteroatoms. The number of aliphatic hydroxyl groups is 2. The molecule has 3 rings (SSSR count). The molecule has 22 heavy (non-hydrogen) atoms. The molecule has 1 aromatic rings. The highest BCUT2D eigenvalue weighted by Gasteiger charge is 2.49. The molecule has 3 N–H and O–H groups in total. The lowest BCUT2D eigenvalue weighted by Crippen LogP contribution is -2.46. The van der Waals surface area contributed by atoms with Gasteiger partial charge < -0.3 is 19.7 Å². The minimum Gasteiger partial charge on any atom is -0.394 e. The van der Waals surface area contributed by atoms with Crippen molar-refractivity contribution >= 4 is 0 Å². The van der Waals surface area contributed by atoms with Gasteiger partial charge in [-0.15, -0.1) is 0 Å². The molecule has 2 aliphatic rings. The summed E-state index contributed by atoms with van der Waals surface area (Å²) < 4.78 is 12.7. The number of nitrogens with zero attached hydrogens (tertiary/aromatic N) is 1. The first-order valence-corrected chi connectivity index (χ1v) is 7.45. The van der Waals surface area contributed by atoms with Crippen LogP contribution >= 0.6 is 0 Å². The zero-order valence-electron chi connectivity index (χ0n) is 12.1. The van der Waals surface area contributed by atoms with Gasteiger partial charge >= 0.3 is 5.69 Å². The lowest BCUT2D eigenvalue weighted by atomic mass is 9.98. The molecule has 8 nitrogen and oxygen atoms in total. The van der Waals surface area contributed by atoms with Crippen LogP contribution in [0.1, 0.15) is 25.7 Å². The van der Waals surface area contributed by atoms with Crippen LogP contribution in [0.2, 0.25) is 0 Å². The highest BCUT2D eigenvalue weighted by Crippen LogP contribution is 2.39. The molecule has 4 atom stereocenters. The van der Waals surface area contributed by atoms with Crippen LogP contribution in [0.15, 0.2) is 21.9 Å². The summed E-state index contributed by atoms with van der Waals surface area (Å²) in [4.78, 5) is 25.6. The van der Waals surface area contributed by atoms with Gasteiger partial charge in [-0.25, -0.2) is 4.79 Å². The third-order valence-electron chi connectivity index (χ3n) is 4.34. The summed E-state index contributed by atoms with van der Waals surface area (Å²) >= 11 is 0. The number of hydrogen-bond acceptors (Lipinski definition) is 6. The quantitative estimate of drug-likeness (QED) is 0.650. The minimum absolute atomic E-state index is 0.0801. The van der Waals surface area contributed by atoms with Gasteiger partial charge in [0.2, 0.25) is 0 Å². The van der Waals surface area contributed by atoms with E-state index in [9.17, 15) is 19.8 Å². The van der Waals surface area contributed by atoms with Crippen molar-refractivity contribution in [2.24, 2.45) is 0 Å². The van der Waals surface area contributed by atoms with Gasteiger partial charge in [-0.05, 0) is 12.8 Å². The van der Waals surface area contributed by atoms with Crippen molar-refractivity contribution < 1.29 is 19.7 Å². The standard InChI is InChI=1S/C14H20N2O6/c17-8-11-10(18)7-14(22-11,6-9-2-1-5-21-9)16-4-3-12(19)15-13(16)20/h3-4,9-11,17-18H,1-2,5-8H2,(H,15,19,20)/t9?,10-,11+,14+/m0/s1. The van der Waals surface area contributed by atoms with Gasteiger partial charge in [0.15, 0.2) is 5.72 Å². The Kier molecular flexibility index (Phi) is 4.18. The van der Waals surface area contributed by atoms with Crippen molar-refractivity contribution in [3.8, 4) is 0 Å². The number of aliphatic hydroxyl groups excluding tert-OH is 2. The van der Waals surface area contributed by atoms with Gasteiger partial charge in [0, 0.05) is 31.7 Å². The molecule has 0 saturated carbocycles. The van der Waals surface area contributed by atoms with Crippen molar-refractivity contribution in [2.45, 2.75) is 49.7 Å². The van der Waals surface area contributed by atoms with E-state index in [-0.39, 0.29) is 19.1 Å². The maximum absolute atomic E-state index is 12.2. The smallest absolute Gasteiger partial charge is 0.330 e. The van der Waals surface area contributed by atoms with Crippen LogP contribution in [0.25, 0.3) is 0 Å². The van der Waals surface area contributed by atoms with Gasteiger partial charge in [0.05, 0.1) is 18.8 Å². The third kappa shape index (κ3) is 2.74. The highest BCUT2D eigenvalue weighted by molar-refractivity contribution is 4.97. The fraction of sp³-hybridized carbons (Fsp3) is 0.714. The van der Waals surface area contributed by atoms with E-state index in [2.05, 4.69) is 4.98 Å². The molecule has 0 amide bonds. The van der Waals surface area contributed by atoms with E-state index in [1.54, 1.807) is 0 Å². The largest absolute Gasteiger partial charge is 0.394 e. The van der Waals surface area contributed by atoms with E-state index >= 15 is 0 Å². The van der Waals surface area contributed by atoms with Gasteiger partial charge in [-0.2, -0.15) is 0 Å². The second-order valence-electron chi connectivity index (χ2n) is 5.88. The van der Waals surface area contributed by atoms with E-state index in [0.717, 1.165) is 12.8 Å². The molecule has 2 saturated heterocycles. The molecule has 0 radical (unpaired) electrons. The van der Waals surface area contributed by atoms with E-state index < -0.39 is 29.2 Å². The van der Waals surface area contributed by atoms with Crippen LogP contribution in [0.4, 0.5) is 0 Å². The Balaban J connectivity index is 1.99. The SMILES string of the molecule is O=c1ccn([C@@]2(CC3CCCO3)C[C@H](O)[C@@H](CO)O2)c(=O)[nH]1. The van der Waals surface area contributed by atoms with E-state index in [0.29, 0.717) is 13.0 Å². The summed E-state index contributed by atoms with van der Waals surface area (Å²) in [5.41, 5.74) is -2.22. The van der Waals surface area contributed by atoms with E-state index in [4.69, 9.17) is 9.47 Å². The topological polar surface area (TPSA) is 114 Å². The zero-order valence-corrected chi connectivity index (χ0v) is 12.1. The Morgan fingerprint density at radius 1 is 1.45 bits per heavy atom. The average Bonchev–Trinajstić information content (AvgIpc) is 3.07. The molecule has 0 aliphatic carbocycles. The highest BCUT2D eigenvalue weighted by atomic mass is 16.6. The molecule has 2 fully saturated rings. The molecule has 0 spiro atoms. The van der Waals surface area contributed by atoms with Crippen molar-refractivity contribution in [3.05, 3.63) is 33.1 Å². The van der Waals surface area contributed by atoms with Gasteiger partial charge in [-0.1, -0.05) is 0 Å². The van der Waals surface area contributed by atoms with Crippen molar-refractivity contribution in [3.63, 3.8) is 0 Å². The van der Waals surface area contributed by atoms with Crippen LogP contribution in [0.5, 0.6) is 0 Å². The first-order chi connectivity index (χ1) is 10.5. The van der Waals surface area contributed by atoms with Gasteiger partial charge in [0.1, 0.15) is 6.10 Å². The first kappa shape index (κ1) is 15.4. The van der Waals surface area contributed by atoms with Gasteiger partial charge in [0.25, 0.3) is 5.56 Å². The fourth-order valence-corrected chi connectivity index (χ4v) is 3.31. The van der Waals surface area contributed by atoms with E-state index in [1.165, 1.54) is 16.8 Å². The number of hydrogen-bond donors (Lipinski definition) is 3. The summed E-state index contributed by atoms with van der Waals surface area (Å²) in [5, 5.41) is 19.4. The molecule has 3 heterocycles. The number of nitrogens with one attached hydrogen (secondary N) is 1. The van der Waals surface area contributed by atoms with Crippen LogP contribution in [-0.4, -0.2) is 51.3 Å². The second-order valence-corrected chi connectivity index (χ2v) is 5.88. The lowest BCUT2D eigenvalue weighted by molar-refractivity contribution is -0.139.